The Kier molecular flexibility index (Phi) is 4.40. The molecule has 0 spiro atoms. The van der Waals surface area contributed by atoms with E-state index < -0.39 is 0 Å². The van der Waals surface area contributed by atoms with Crippen LogP contribution < -0.4 is 5.56 Å². The molecule has 2 atom stereocenters. The molecular weight excluding hydrogens is 334 g/mol. The molecule has 134 valence electrons. The standard InChI is InChI=1S/C19H25N3O2S/c1-12-13(2)25-18-17(12)19(24)22(11-20-18)10-16(23)21-8-7-14-5-3-4-6-15(14)9-21/h11,14-15H,3-10H2,1-2H3/t14-,15-/m1/s1. The molecule has 2 aliphatic rings. The highest BCUT2D eigenvalue weighted by molar-refractivity contribution is 7.18. The summed E-state index contributed by atoms with van der Waals surface area (Å²) >= 11 is 1.54. The third kappa shape index (κ3) is 3.01. The largest absolute Gasteiger partial charge is 0.341 e. The highest BCUT2D eigenvalue weighted by atomic mass is 32.1. The van der Waals surface area contributed by atoms with E-state index in [1.807, 2.05) is 18.7 Å². The molecule has 3 heterocycles. The summed E-state index contributed by atoms with van der Waals surface area (Å²) in [5, 5.41) is 0.670. The fourth-order valence-corrected chi connectivity index (χ4v) is 5.44. The number of aryl methyl sites for hydroxylation is 2. The summed E-state index contributed by atoms with van der Waals surface area (Å²) in [6, 6.07) is 0. The lowest BCUT2D eigenvalue weighted by atomic mass is 9.75. The molecule has 2 fully saturated rings. The Labute approximate surface area is 151 Å². The van der Waals surface area contributed by atoms with E-state index in [4.69, 9.17) is 0 Å². The molecule has 0 aromatic carbocycles. The number of piperidine rings is 1. The van der Waals surface area contributed by atoms with Crippen LogP contribution in [-0.4, -0.2) is 33.4 Å². The maximum Gasteiger partial charge on any atom is 0.262 e. The lowest BCUT2D eigenvalue weighted by Crippen LogP contribution is -2.46. The van der Waals surface area contributed by atoms with Crippen LogP contribution in [0.3, 0.4) is 0 Å². The van der Waals surface area contributed by atoms with Crippen molar-refractivity contribution in [2.24, 2.45) is 11.8 Å². The second-order valence-corrected chi connectivity index (χ2v) is 8.78. The van der Waals surface area contributed by atoms with Crippen LogP contribution >= 0.6 is 11.3 Å². The molecule has 2 aromatic heterocycles. The number of thiophene rings is 1. The van der Waals surface area contributed by atoms with Crippen LogP contribution in [0.4, 0.5) is 0 Å². The zero-order valence-corrected chi connectivity index (χ0v) is 15.8. The van der Waals surface area contributed by atoms with Crippen LogP contribution in [-0.2, 0) is 11.3 Å². The first-order valence-electron chi connectivity index (χ1n) is 9.27. The van der Waals surface area contributed by atoms with Gasteiger partial charge in [0.15, 0.2) is 0 Å². The van der Waals surface area contributed by atoms with Gasteiger partial charge < -0.3 is 4.90 Å². The predicted molar refractivity (Wildman–Crippen MR) is 100.0 cm³/mol. The summed E-state index contributed by atoms with van der Waals surface area (Å²) in [5.74, 6) is 1.51. The number of carbonyl (C=O) groups excluding carboxylic acids is 1. The molecule has 0 N–H and O–H groups in total. The molecule has 1 saturated heterocycles. The Bertz CT molecular complexity index is 869. The monoisotopic (exact) mass is 359 g/mol. The van der Waals surface area contributed by atoms with Crippen molar-refractivity contribution >= 4 is 27.5 Å². The van der Waals surface area contributed by atoms with Crippen molar-refractivity contribution < 1.29 is 4.79 Å². The molecule has 0 radical (unpaired) electrons. The van der Waals surface area contributed by atoms with Gasteiger partial charge in [-0.1, -0.05) is 19.3 Å². The lowest BCUT2D eigenvalue weighted by Gasteiger charge is -2.41. The lowest BCUT2D eigenvalue weighted by molar-refractivity contribution is -0.135. The highest BCUT2D eigenvalue weighted by Gasteiger charge is 2.33. The van der Waals surface area contributed by atoms with Crippen molar-refractivity contribution in [3.63, 3.8) is 0 Å². The van der Waals surface area contributed by atoms with Crippen molar-refractivity contribution in [2.75, 3.05) is 13.1 Å². The van der Waals surface area contributed by atoms with Gasteiger partial charge in [0.2, 0.25) is 5.91 Å². The number of fused-ring (bicyclic) bond motifs is 2. The number of aromatic nitrogens is 2. The van der Waals surface area contributed by atoms with Gasteiger partial charge in [0, 0.05) is 18.0 Å². The van der Waals surface area contributed by atoms with Gasteiger partial charge in [0.05, 0.1) is 11.7 Å². The van der Waals surface area contributed by atoms with Crippen molar-refractivity contribution in [1.82, 2.24) is 14.5 Å². The summed E-state index contributed by atoms with van der Waals surface area (Å²) < 4.78 is 1.48. The fraction of sp³-hybridized carbons (Fsp3) is 0.632. The average molecular weight is 359 g/mol. The minimum absolute atomic E-state index is 0.0527. The zero-order chi connectivity index (χ0) is 17.6. The molecule has 1 aliphatic heterocycles. The van der Waals surface area contributed by atoms with Gasteiger partial charge in [-0.25, -0.2) is 4.98 Å². The van der Waals surface area contributed by atoms with E-state index in [1.54, 1.807) is 11.3 Å². The number of rotatable bonds is 2. The van der Waals surface area contributed by atoms with E-state index >= 15 is 0 Å². The maximum atomic E-state index is 12.8. The van der Waals surface area contributed by atoms with Crippen molar-refractivity contribution in [3.8, 4) is 0 Å². The van der Waals surface area contributed by atoms with Crippen LogP contribution in [0.1, 0.15) is 42.5 Å². The fourth-order valence-electron chi connectivity index (χ4n) is 4.46. The summed E-state index contributed by atoms with van der Waals surface area (Å²) in [4.78, 5) is 33.8. The SMILES string of the molecule is Cc1sc2ncn(CC(=O)N3CC[C@H]4CCCC[C@@H]4C3)c(=O)c2c1C. The minimum Gasteiger partial charge on any atom is -0.341 e. The minimum atomic E-state index is -0.0900. The number of nitrogens with zero attached hydrogens (tertiary/aromatic N) is 3. The molecular formula is C19H25N3O2S. The van der Waals surface area contributed by atoms with E-state index in [0.29, 0.717) is 11.3 Å². The number of hydrogen-bond acceptors (Lipinski definition) is 4. The van der Waals surface area contributed by atoms with E-state index in [2.05, 4.69) is 4.98 Å². The van der Waals surface area contributed by atoms with Gasteiger partial charge >= 0.3 is 0 Å². The van der Waals surface area contributed by atoms with E-state index in [9.17, 15) is 9.59 Å². The Balaban J connectivity index is 1.53. The van der Waals surface area contributed by atoms with E-state index in [0.717, 1.165) is 40.7 Å². The molecule has 4 rings (SSSR count). The van der Waals surface area contributed by atoms with Crippen LogP contribution in [0, 0.1) is 25.7 Å². The van der Waals surface area contributed by atoms with Gasteiger partial charge in [-0.05, 0) is 44.1 Å². The average Bonchev–Trinajstić information content (AvgIpc) is 2.92. The molecule has 5 nitrogen and oxygen atoms in total. The van der Waals surface area contributed by atoms with Crippen LogP contribution in [0.15, 0.2) is 11.1 Å². The first-order valence-corrected chi connectivity index (χ1v) is 10.1. The van der Waals surface area contributed by atoms with Gasteiger partial charge in [-0.2, -0.15) is 0 Å². The summed E-state index contributed by atoms with van der Waals surface area (Å²) in [6.45, 7) is 5.77. The van der Waals surface area contributed by atoms with E-state index in [1.165, 1.54) is 36.6 Å². The normalized spacial score (nSPS) is 23.7. The van der Waals surface area contributed by atoms with Gasteiger partial charge in [-0.15, -0.1) is 11.3 Å². The van der Waals surface area contributed by atoms with Gasteiger partial charge in [-0.3, -0.25) is 14.2 Å². The molecule has 1 saturated carbocycles. The Hall–Kier alpha value is -1.69. The second kappa shape index (κ2) is 6.56. The molecule has 1 aliphatic carbocycles. The number of likely N-dealkylation sites (tertiary alicyclic amines) is 1. The van der Waals surface area contributed by atoms with Gasteiger partial charge in [0.25, 0.3) is 5.56 Å². The summed E-state index contributed by atoms with van der Waals surface area (Å²) in [6.07, 6.45) is 7.85. The third-order valence-corrected chi connectivity index (χ3v) is 7.22. The molecule has 6 heteroatoms. The topological polar surface area (TPSA) is 55.2 Å². The molecule has 1 amide bonds. The van der Waals surface area contributed by atoms with E-state index in [-0.39, 0.29) is 18.0 Å². The zero-order valence-electron chi connectivity index (χ0n) is 15.0. The highest BCUT2D eigenvalue weighted by Crippen LogP contribution is 2.36. The Morgan fingerprint density at radius 3 is 2.80 bits per heavy atom. The molecule has 2 aromatic rings. The predicted octanol–water partition coefficient (Wildman–Crippen LogP) is 3.11. The molecule has 25 heavy (non-hydrogen) atoms. The molecule has 0 unspecified atom stereocenters. The van der Waals surface area contributed by atoms with Crippen LogP contribution in [0.25, 0.3) is 10.2 Å². The van der Waals surface area contributed by atoms with Gasteiger partial charge in [0.1, 0.15) is 11.4 Å². The third-order valence-electron chi connectivity index (χ3n) is 6.11. The van der Waals surface area contributed by atoms with Crippen molar-refractivity contribution in [1.29, 1.82) is 0 Å². The first-order chi connectivity index (χ1) is 12.0. The Morgan fingerprint density at radius 2 is 2.00 bits per heavy atom. The first kappa shape index (κ1) is 16.8. The number of carbonyl (C=O) groups is 1. The Morgan fingerprint density at radius 1 is 1.24 bits per heavy atom. The smallest absolute Gasteiger partial charge is 0.262 e. The second-order valence-electron chi connectivity index (χ2n) is 7.57. The summed E-state index contributed by atoms with van der Waals surface area (Å²) in [5.41, 5.74) is 0.898. The van der Waals surface area contributed by atoms with Crippen LogP contribution in [0.2, 0.25) is 0 Å². The number of amides is 1. The summed E-state index contributed by atoms with van der Waals surface area (Å²) in [7, 11) is 0. The quantitative estimate of drug-likeness (QED) is 0.828. The maximum absolute atomic E-state index is 12.8. The van der Waals surface area contributed by atoms with Crippen LogP contribution in [0.5, 0.6) is 0 Å². The van der Waals surface area contributed by atoms with Crippen molar-refractivity contribution in [3.05, 3.63) is 27.1 Å². The molecule has 0 bridgehead atoms. The number of hydrogen-bond donors (Lipinski definition) is 0. The van der Waals surface area contributed by atoms with Crippen molar-refractivity contribution in [2.45, 2.75) is 52.5 Å².